The summed E-state index contributed by atoms with van der Waals surface area (Å²) in [6, 6.07) is 6.15. The predicted octanol–water partition coefficient (Wildman–Crippen LogP) is 2.35. The number of nitrogen functional groups attached to an aromatic ring is 2. The van der Waals surface area contributed by atoms with E-state index >= 15 is 0 Å². The maximum atomic E-state index is 5.92. The van der Waals surface area contributed by atoms with E-state index in [1.165, 1.54) is 6.42 Å². The summed E-state index contributed by atoms with van der Waals surface area (Å²) in [5.41, 5.74) is 15.4. The van der Waals surface area contributed by atoms with Crippen LogP contribution in [0.5, 0.6) is 0 Å². The van der Waals surface area contributed by atoms with Gasteiger partial charge in [0.25, 0.3) is 0 Å². The molecule has 0 radical (unpaired) electrons. The number of hydrogen-bond acceptors (Lipinski definition) is 6. The molecule has 1 saturated heterocycles. The van der Waals surface area contributed by atoms with Gasteiger partial charge in [-0.1, -0.05) is 6.07 Å². The lowest BCUT2D eigenvalue weighted by Gasteiger charge is -2.20. The van der Waals surface area contributed by atoms with Crippen LogP contribution in [0.4, 0.5) is 11.8 Å². The first-order valence-corrected chi connectivity index (χ1v) is 8.16. The summed E-state index contributed by atoms with van der Waals surface area (Å²) in [5, 5.41) is 0. The van der Waals surface area contributed by atoms with Gasteiger partial charge in [0.1, 0.15) is 17.7 Å². The van der Waals surface area contributed by atoms with Gasteiger partial charge < -0.3 is 21.2 Å². The number of fused-ring (bicyclic) bond motifs is 1. The molecule has 1 fully saturated rings. The molecule has 3 heterocycles. The van der Waals surface area contributed by atoms with E-state index < -0.39 is 0 Å². The average molecular weight is 324 g/mol. The number of benzene rings is 1. The molecule has 0 saturated carbocycles. The number of rotatable bonds is 3. The molecule has 0 bridgehead atoms. The highest BCUT2D eigenvalue weighted by Crippen LogP contribution is 2.28. The third-order valence-electron chi connectivity index (χ3n) is 4.36. The Balaban J connectivity index is 1.60. The number of H-pyrrole nitrogens is 1. The summed E-state index contributed by atoms with van der Waals surface area (Å²) < 4.78 is 5.81. The van der Waals surface area contributed by atoms with Gasteiger partial charge in [0.2, 0.25) is 5.95 Å². The van der Waals surface area contributed by atoms with Crippen molar-refractivity contribution >= 4 is 22.8 Å². The van der Waals surface area contributed by atoms with Crippen molar-refractivity contribution < 1.29 is 4.74 Å². The Bertz CT molecular complexity index is 869. The van der Waals surface area contributed by atoms with E-state index in [9.17, 15) is 0 Å². The van der Waals surface area contributed by atoms with Gasteiger partial charge >= 0.3 is 0 Å². The van der Waals surface area contributed by atoms with Crippen LogP contribution < -0.4 is 11.5 Å². The van der Waals surface area contributed by atoms with Gasteiger partial charge in [0.15, 0.2) is 0 Å². The maximum absolute atomic E-state index is 5.92. The second kappa shape index (κ2) is 6.09. The lowest BCUT2D eigenvalue weighted by Crippen LogP contribution is -2.12. The quantitative estimate of drug-likeness (QED) is 0.681. The monoisotopic (exact) mass is 324 g/mol. The van der Waals surface area contributed by atoms with Gasteiger partial charge in [0, 0.05) is 24.8 Å². The number of anilines is 2. The molecule has 1 aromatic carbocycles. The molecule has 124 valence electrons. The van der Waals surface area contributed by atoms with E-state index in [0.717, 1.165) is 47.4 Å². The largest absolute Gasteiger partial charge is 0.383 e. The number of nitrogens with two attached hydrogens (primary N) is 2. The zero-order chi connectivity index (χ0) is 16.5. The minimum Gasteiger partial charge on any atom is -0.383 e. The molecule has 0 aliphatic carbocycles. The van der Waals surface area contributed by atoms with Crippen molar-refractivity contribution in [3.8, 4) is 0 Å². The first kappa shape index (κ1) is 14.9. The Labute approximate surface area is 139 Å². The van der Waals surface area contributed by atoms with Gasteiger partial charge in [-0.15, -0.1) is 0 Å². The summed E-state index contributed by atoms with van der Waals surface area (Å²) in [6.07, 6.45) is 5.74. The maximum Gasteiger partial charge on any atom is 0.221 e. The van der Waals surface area contributed by atoms with Gasteiger partial charge in [-0.3, -0.25) is 0 Å². The van der Waals surface area contributed by atoms with Crippen LogP contribution >= 0.6 is 0 Å². The van der Waals surface area contributed by atoms with Gasteiger partial charge in [-0.05, 0) is 37.0 Å². The fourth-order valence-electron chi connectivity index (χ4n) is 3.09. The number of aromatic nitrogens is 4. The van der Waals surface area contributed by atoms with E-state index in [2.05, 4.69) is 26.0 Å². The summed E-state index contributed by atoms with van der Waals surface area (Å²) in [7, 11) is 0. The molecule has 0 amide bonds. The standard InChI is InChI=1S/C17H20N6O/c18-15-11(9-20-17(19)23-15)7-10-4-5-12-13(8-10)22-16(21-12)14-3-1-2-6-24-14/h4-5,8-9,14H,1-3,6-7H2,(H,21,22)(H4,18,19,20,23). The molecule has 7 nitrogen and oxygen atoms in total. The zero-order valence-electron chi connectivity index (χ0n) is 13.3. The second-order valence-corrected chi connectivity index (χ2v) is 6.14. The van der Waals surface area contributed by atoms with E-state index in [1.54, 1.807) is 6.20 Å². The van der Waals surface area contributed by atoms with Crippen LogP contribution in [0.25, 0.3) is 11.0 Å². The first-order chi connectivity index (χ1) is 11.7. The van der Waals surface area contributed by atoms with Crippen LogP contribution in [-0.2, 0) is 11.2 Å². The summed E-state index contributed by atoms with van der Waals surface area (Å²) in [5.74, 6) is 1.53. The van der Waals surface area contributed by atoms with Crippen LogP contribution in [0.3, 0.4) is 0 Å². The van der Waals surface area contributed by atoms with Gasteiger partial charge in [-0.2, -0.15) is 4.98 Å². The highest BCUT2D eigenvalue weighted by Gasteiger charge is 2.19. The molecule has 1 unspecified atom stereocenters. The van der Waals surface area contributed by atoms with Crippen LogP contribution in [0.1, 0.15) is 42.3 Å². The molecule has 0 spiro atoms. The van der Waals surface area contributed by atoms with Gasteiger partial charge in [0.05, 0.1) is 11.0 Å². The third kappa shape index (κ3) is 2.90. The fourth-order valence-corrected chi connectivity index (χ4v) is 3.09. The zero-order valence-corrected chi connectivity index (χ0v) is 13.3. The molecule has 1 atom stereocenters. The molecule has 3 aromatic rings. The van der Waals surface area contributed by atoms with Crippen molar-refractivity contribution in [2.75, 3.05) is 18.1 Å². The molecule has 24 heavy (non-hydrogen) atoms. The highest BCUT2D eigenvalue weighted by atomic mass is 16.5. The molecular weight excluding hydrogens is 304 g/mol. The van der Waals surface area contributed by atoms with Crippen molar-refractivity contribution in [3.63, 3.8) is 0 Å². The average Bonchev–Trinajstić information content (AvgIpc) is 3.01. The van der Waals surface area contributed by atoms with E-state index in [-0.39, 0.29) is 12.1 Å². The number of nitrogens with one attached hydrogen (secondary N) is 1. The second-order valence-electron chi connectivity index (χ2n) is 6.14. The van der Waals surface area contributed by atoms with E-state index in [0.29, 0.717) is 12.2 Å². The molecular formula is C17H20N6O. The lowest BCUT2D eigenvalue weighted by molar-refractivity contribution is 0.0101. The summed E-state index contributed by atoms with van der Waals surface area (Å²) in [6.45, 7) is 0.809. The molecule has 1 aliphatic rings. The molecule has 4 rings (SSSR count). The Morgan fingerprint density at radius 3 is 2.92 bits per heavy atom. The minimum absolute atomic E-state index is 0.0794. The third-order valence-corrected chi connectivity index (χ3v) is 4.36. The molecule has 2 aromatic heterocycles. The Hall–Kier alpha value is -2.67. The van der Waals surface area contributed by atoms with E-state index in [4.69, 9.17) is 16.2 Å². The minimum atomic E-state index is 0.0794. The number of hydrogen-bond donors (Lipinski definition) is 3. The number of ether oxygens (including phenoxy) is 1. The first-order valence-electron chi connectivity index (χ1n) is 8.16. The molecule has 7 heteroatoms. The molecule has 5 N–H and O–H groups in total. The summed E-state index contributed by atoms with van der Waals surface area (Å²) in [4.78, 5) is 16.1. The van der Waals surface area contributed by atoms with E-state index in [1.807, 2.05) is 12.1 Å². The number of aromatic amines is 1. The SMILES string of the molecule is Nc1ncc(Cc2ccc3nc(C4CCCCO4)[nH]c3c2)c(N)n1. The Morgan fingerprint density at radius 1 is 1.21 bits per heavy atom. The van der Waals surface area contributed by atoms with Crippen molar-refractivity contribution in [1.29, 1.82) is 0 Å². The van der Waals surface area contributed by atoms with Crippen LogP contribution in [0, 0.1) is 0 Å². The molecule has 1 aliphatic heterocycles. The van der Waals surface area contributed by atoms with Crippen molar-refractivity contribution in [3.05, 3.63) is 41.3 Å². The predicted molar refractivity (Wildman–Crippen MR) is 92.3 cm³/mol. The Morgan fingerprint density at radius 2 is 2.12 bits per heavy atom. The smallest absolute Gasteiger partial charge is 0.221 e. The van der Waals surface area contributed by atoms with Crippen LogP contribution in [0.15, 0.2) is 24.4 Å². The van der Waals surface area contributed by atoms with Crippen LogP contribution in [0.2, 0.25) is 0 Å². The van der Waals surface area contributed by atoms with Gasteiger partial charge in [-0.25, -0.2) is 9.97 Å². The number of nitrogens with zero attached hydrogens (tertiary/aromatic N) is 3. The van der Waals surface area contributed by atoms with Crippen molar-refractivity contribution in [2.24, 2.45) is 0 Å². The van der Waals surface area contributed by atoms with Crippen molar-refractivity contribution in [2.45, 2.75) is 31.8 Å². The lowest BCUT2D eigenvalue weighted by atomic mass is 10.1. The van der Waals surface area contributed by atoms with Crippen molar-refractivity contribution in [1.82, 2.24) is 19.9 Å². The topological polar surface area (TPSA) is 116 Å². The summed E-state index contributed by atoms with van der Waals surface area (Å²) >= 11 is 0. The highest BCUT2D eigenvalue weighted by molar-refractivity contribution is 5.76. The Kier molecular flexibility index (Phi) is 3.78. The fraction of sp³-hybridized carbons (Fsp3) is 0.353. The normalized spacial score (nSPS) is 18.1. The number of imidazole rings is 1. The van der Waals surface area contributed by atoms with Crippen LogP contribution in [-0.4, -0.2) is 26.5 Å².